The van der Waals surface area contributed by atoms with Crippen LogP contribution in [0.3, 0.4) is 0 Å². The van der Waals surface area contributed by atoms with Crippen molar-refractivity contribution in [3.63, 3.8) is 0 Å². The number of fused-ring (bicyclic) bond motifs is 1. The van der Waals surface area contributed by atoms with Gasteiger partial charge in [0, 0.05) is 29.8 Å². The number of hydrogen-bond acceptors (Lipinski definition) is 5. The molecule has 1 aliphatic heterocycles. The Kier molecular flexibility index (Phi) is 5.09. The van der Waals surface area contributed by atoms with Crippen molar-refractivity contribution in [1.82, 2.24) is 15.0 Å². The summed E-state index contributed by atoms with van der Waals surface area (Å²) in [6, 6.07) is 18.2. The highest BCUT2D eigenvalue weighted by atomic mass is 32.1. The summed E-state index contributed by atoms with van der Waals surface area (Å²) in [5.74, 6) is 1.75. The van der Waals surface area contributed by atoms with Crippen LogP contribution in [0.1, 0.15) is 34.0 Å². The van der Waals surface area contributed by atoms with Crippen molar-refractivity contribution in [3.8, 4) is 11.4 Å². The van der Waals surface area contributed by atoms with E-state index in [9.17, 15) is 4.79 Å². The van der Waals surface area contributed by atoms with E-state index in [-0.39, 0.29) is 5.91 Å². The Hall–Kier alpha value is -2.99. The maximum absolute atomic E-state index is 13.1. The summed E-state index contributed by atoms with van der Waals surface area (Å²) < 4.78 is 6.69. The molecule has 1 atom stereocenters. The molecule has 1 amide bonds. The number of hydrogen-bond donors (Lipinski definition) is 0. The minimum absolute atomic E-state index is 0.132. The maximum Gasteiger partial charge on any atom is 0.263 e. The molecule has 1 aliphatic rings. The first kappa shape index (κ1) is 19.0. The average Bonchev–Trinajstić information content (AvgIpc) is 3.41. The van der Waals surface area contributed by atoms with Gasteiger partial charge in [-0.15, -0.1) is 11.3 Å². The molecule has 30 heavy (non-hydrogen) atoms. The normalized spacial score (nSPS) is 16.8. The van der Waals surface area contributed by atoms with Crippen LogP contribution in [0.5, 0.6) is 0 Å². The standard InChI is InChI=1S/C24H23N3O2S/c1-16-7-2-4-10-19(16)23-25-22(29-26-23)13-17-8-6-12-27(15-17)24(28)21-14-18-9-3-5-11-20(18)30-21/h2-5,7,9-11,14,17H,6,8,12-13,15H2,1H3. The molecule has 4 aromatic rings. The van der Waals surface area contributed by atoms with Crippen molar-refractivity contribution in [1.29, 1.82) is 0 Å². The highest BCUT2D eigenvalue weighted by molar-refractivity contribution is 7.20. The summed E-state index contributed by atoms with van der Waals surface area (Å²) in [4.78, 5) is 20.5. The molecule has 2 aromatic heterocycles. The lowest BCUT2D eigenvalue weighted by Crippen LogP contribution is -2.40. The lowest BCUT2D eigenvalue weighted by Gasteiger charge is -2.31. The van der Waals surface area contributed by atoms with Gasteiger partial charge in [0.25, 0.3) is 5.91 Å². The van der Waals surface area contributed by atoms with Gasteiger partial charge in [0.15, 0.2) is 0 Å². The topological polar surface area (TPSA) is 59.2 Å². The monoisotopic (exact) mass is 417 g/mol. The molecule has 1 fully saturated rings. The minimum Gasteiger partial charge on any atom is -0.339 e. The zero-order valence-corrected chi connectivity index (χ0v) is 17.7. The Morgan fingerprint density at radius 3 is 2.90 bits per heavy atom. The van der Waals surface area contributed by atoms with E-state index in [0.717, 1.165) is 52.0 Å². The van der Waals surface area contributed by atoms with Crippen molar-refractivity contribution in [2.24, 2.45) is 5.92 Å². The Labute approximate surface area is 179 Å². The molecular weight excluding hydrogens is 394 g/mol. The summed E-state index contributed by atoms with van der Waals surface area (Å²) >= 11 is 1.57. The summed E-state index contributed by atoms with van der Waals surface area (Å²) in [6.07, 6.45) is 2.77. The van der Waals surface area contributed by atoms with Gasteiger partial charge in [0.1, 0.15) is 0 Å². The number of likely N-dealkylation sites (tertiary alicyclic amines) is 1. The van der Waals surface area contributed by atoms with Crippen LogP contribution in [-0.2, 0) is 6.42 Å². The fraction of sp³-hybridized carbons (Fsp3) is 0.292. The smallest absolute Gasteiger partial charge is 0.263 e. The van der Waals surface area contributed by atoms with Crippen LogP contribution in [0.2, 0.25) is 0 Å². The third kappa shape index (κ3) is 3.75. The van der Waals surface area contributed by atoms with Crippen LogP contribution >= 0.6 is 11.3 Å². The molecule has 3 heterocycles. The fourth-order valence-corrected chi connectivity index (χ4v) is 5.21. The third-order valence-electron chi connectivity index (χ3n) is 5.76. The summed E-state index contributed by atoms with van der Waals surface area (Å²) in [5.41, 5.74) is 2.13. The molecule has 5 rings (SSSR count). The molecule has 5 nitrogen and oxygen atoms in total. The number of thiophene rings is 1. The molecule has 1 unspecified atom stereocenters. The van der Waals surface area contributed by atoms with Crippen LogP contribution in [0.4, 0.5) is 0 Å². The molecule has 2 aromatic carbocycles. The van der Waals surface area contributed by atoms with Gasteiger partial charge in [0.2, 0.25) is 11.7 Å². The van der Waals surface area contributed by atoms with E-state index in [1.807, 2.05) is 54.3 Å². The zero-order chi connectivity index (χ0) is 20.5. The van der Waals surface area contributed by atoms with Gasteiger partial charge in [-0.2, -0.15) is 4.98 Å². The summed E-state index contributed by atoms with van der Waals surface area (Å²) in [6.45, 7) is 3.58. The van der Waals surface area contributed by atoms with E-state index in [2.05, 4.69) is 22.3 Å². The predicted octanol–water partition coefficient (Wildman–Crippen LogP) is 5.35. The van der Waals surface area contributed by atoms with Crippen molar-refractivity contribution in [3.05, 3.63) is 70.9 Å². The van der Waals surface area contributed by atoms with Gasteiger partial charge < -0.3 is 9.42 Å². The van der Waals surface area contributed by atoms with Gasteiger partial charge in [-0.1, -0.05) is 47.6 Å². The van der Waals surface area contributed by atoms with Crippen LogP contribution in [0.15, 0.2) is 59.1 Å². The first-order valence-corrected chi connectivity index (χ1v) is 11.2. The molecule has 0 radical (unpaired) electrons. The summed E-state index contributed by atoms with van der Waals surface area (Å²) in [7, 11) is 0. The van der Waals surface area contributed by atoms with Gasteiger partial charge >= 0.3 is 0 Å². The highest BCUT2D eigenvalue weighted by Gasteiger charge is 2.27. The number of aromatic nitrogens is 2. The molecule has 6 heteroatoms. The van der Waals surface area contributed by atoms with E-state index >= 15 is 0 Å². The molecular formula is C24H23N3O2S. The molecule has 0 aliphatic carbocycles. The second kappa shape index (κ2) is 8.03. The quantitative estimate of drug-likeness (QED) is 0.449. The second-order valence-corrected chi connectivity index (χ2v) is 9.02. The van der Waals surface area contributed by atoms with Gasteiger partial charge in [-0.3, -0.25) is 4.79 Å². The van der Waals surface area contributed by atoms with Crippen LogP contribution in [-0.4, -0.2) is 34.0 Å². The average molecular weight is 418 g/mol. The molecule has 152 valence electrons. The van der Waals surface area contributed by atoms with Crippen molar-refractivity contribution in [2.75, 3.05) is 13.1 Å². The van der Waals surface area contributed by atoms with Gasteiger partial charge in [0.05, 0.1) is 4.88 Å². The molecule has 0 N–H and O–H groups in total. The van der Waals surface area contributed by atoms with E-state index in [0.29, 0.717) is 24.1 Å². The Balaban J connectivity index is 1.28. The second-order valence-electron chi connectivity index (χ2n) is 7.94. The highest BCUT2D eigenvalue weighted by Crippen LogP contribution is 2.29. The van der Waals surface area contributed by atoms with E-state index in [1.54, 1.807) is 11.3 Å². The molecule has 0 spiro atoms. The lowest BCUT2D eigenvalue weighted by atomic mass is 9.94. The van der Waals surface area contributed by atoms with Crippen molar-refractivity contribution >= 4 is 27.3 Å². The Morgan fingerprint density at radius 1 is 1.20 bits per heavy atom. The number of carbonyl (C=O) groups excluding carboxylic acids is 1. The molecule has 0 bridgehead atoms. The van der Waals surface area contributed by atoms with E-state index < -0.39 is 0 Å². The van der Waals surface area contributed by atoms with Crippen molar-refractivity contribution < 1.29 is 9.32 Å². The first-order valence-electron chi connectivity index (χ1n) is 10.3. The number of piperidine rings is 1. The first-order chi connectivity index (χ1) is 14.7. The summed E-state index contributed by atoms with van der Waals surface area (Å²) in [5, 5.41) is 5.31. The third-order valence-corrected chi connectivity index (χ3v) is 6.86. The molecule has 0 saturated carbocycles. The minimum atomic E-state index is 0.132. The van der Waals surface area contributed by atoms with Crippen molar-refractivity contribution in [2.45, 2.75) is 26.2 Å². The predicted molar refractivity (Wildman–Crippen MR) is 119 cm³/mol. The number of carbonyl (C=O) groups is 1. The number of benzene rings is 2. The Bertz CT molecular complexity index is 1160. The van der Waals surface area contributed by atoms with Crippen LogP contribution in [0, 0.1) is 12.8 Å². The lowest BCUT2D eigenvalue weighted by molar-refractivity contribution is 0.0673. The number of rotatable bonds is 4. The van der Waals surface area contributed by atoms with Gasteiger partial charge in [-0.25, -0.2) is 0 Å². The fourth-order valence-electron chi connectivity index (χ4n) is 4.18. The zero-order valence-electron chi connectivity index (χ0n) is 16.9. The number of amides is 1. The Morgan fingerprint density at radius 2 is 2.03 bits per heavy atom. The number of nitrogens with zero attached hydrogens (tertiary/aromatic N) is 3. The van der Waals surface area contributed by atoms with E-state index in [1.165, 1.54) is 0 Å². The van der Waals surface area contributed by atoms with Crippen LogP contribution < -0.4 is 0 Å². The largest absolute Gasteiger partial charge is 0.339 e. The molecule has 1 saturated heterocycles. The van der Waals surface area contributed by atoms with E-state index in [4.69, 9.17) is 4.52 Å². The maximum atomic E-state index is 13.1. The SMILES string of the molecule is Cc1ccccc1-c1noc(CC2CCCN(C(=O)c3cc4ccccc4s3)C2)n1. The van der Waals surface area contributed by atoms with Gasteiger partial charge in [-0.05, 0) is 48.8 Å². The number of aryl methyl sites for hydroxylation is 1. The van der Waals surface area contributed by atoms with Crippen LogP contribution in [0.25, 0.3) is 21.5 Å².